The molecule has 1 aromatic carbocycles. The van der Waals surface area contributed by atoms with Crippen LogP contribution in [0.25, 0.3) is 0 Å². The average Bonchev–Trinajstić information content (AvgIpc) is 2.41. The van der Waals surface area contributed by atoms with E-state index in [2.05, 4.69) is 10.3 Å². The molecule has 20 heavy (non-hydrogen) atoms. The van der Waals surface area contributed by atoms with Crippen molar-refractivity contribution in [1.29, 1.82) is 0 Å². The first-order valence-corrected chi connectivity index (χ1v) is 6.31. The molecule has 0 aliphatic rings. The van der Waals surface area contributed by atoms with Gasteiger partial charge in [-0.05, 0) is 48.7 Å². The van der Waals surface area contributed by atoms with E-state index in [0.717, 1.165) is 11.1 Å². The third-order valence-corrected chi connectivity index (χ3v) is 3.04. The van der Waals surface area contributed by atoms with Gasteiger partial charge in [-0.25, -0.2) is 9.37 Å². The molecule has 1 amide bonds. The van der Waals surface area contributed by atoms with Crippen LogP contribution in [0.5, 0.6) is 0 Å². The van der Waals surface area contributed by atoms with Crippen molar-refractivity contribution in [1.82, 2.24) is 10.3 Å². The standard InChI is InChI=1S/C15H16FN3O/c1-10-9-12(16)5-4-11(10)6-8-19-15(20)14-13(17)3-2-7-18-14/h2-5,7,9H,6,8,17H2,1H3,(H,19,20). The molecule has 1 aromatic heterocycles. The van der Waals surface area contributed by atoms with Gasteiger partial charge in [-0.1, -0.05) is 6.07 Å². The van der Waals surface area contributed by atoms with Gasteiger partial charge in [-0.2, -0.15) is 0 Å². The number of carbonyl (C=O) groups excluding carboxylic acids is 1. The molecule has 0 radical (unpaired) electrons. The zero-order chi connectivity index (χ0) is 14.5. The number of nitrogens with one attached hydrogen (secondary N) is 1. The smallest absolute Gasteiger partial charge is 0.272 e. The Morgan fingerprint density at radius 1 is 1.40 bits per heavy atom. The molecule has 0 bridgehead atoms. The van der Waals surface area contributed by atoms with Gasteiger partial charge in [0.25, 0.3) is 5.91 Å². The monoisotopic (exact) mass is 273 g/mol. The maximum absolute atomic E-state index is 13.0. The minimum Gasteiger partial charge on any atom is -0.397 e. The van der Waals surface area contributed by atoms with E-state index in [-0.39, 0.29) is 17.4 Å². The summed E-state index contributed by atoms with van der Waals surface area (Å²) in [4.78, 5) is 15.8. The zero-order valence-electron chi connectivity index (χ0n) is 11.2. The molecule has 4 nitrogen and oxygen atoms in total. The molecule has 0 aliphatic carbocycles. The van der Waals surface area contributed by atoms with Crippen molar-refractivity contribution in [3.8, 4) is 0 Å². The van der Waals surface area contributed by atoms with E-state index in [1.54, 1.807) is 18.2 Å². The van der Waals surface area contributed by atoms with E-state index in [4.69, 9.17) is 5.73 Å². The van der Waals surface area contributed by atoms with Crippen LogP contribution in [0.4, 0.5) is 10.1 Å². The second kappa shape index (κ2) is 6.14. The number of hydrogen-bond acceptors (Lipinski definition) is 3. The van der Waals surface area contributed by atoms with Gasteiger partial charge in [-0.15, -0.1) is 0 Å². The molecule has 0 fully saturated rings. The fourth-order valence-electron chi connectivity index (χ4n) is 1.94. The quantitative estimate of drug-likeness (QED) is 0.896. The van der Waals surface area contributed by atoms with Crippen molar-refractivity contribution in [3.05, 3.63) is 59.2 Å². The second-order valence-corrected chi connectivity index (χ2v) is 4.52. The molecule has 2 aromatic rings. The highest BCUT2D eigenvalue weighted by Gasteiger charge is 2.10. The Hall–Kier alpha value is -2.43. The molecule has 0 saturated heterocycles. The van der Waals surface area contributed by atoms with Gasteiger partial charge >= 0.3 is 0 Å². The van der Waals surface area contributed by atoms with Crippen molar-refractivity contribution in [2.24, 2.45) is 0 Å². The fraction of sp³-hybridized carbons (Fsp3) is 0.200. The van der Waals surface area contributed by atoms with Crippen molar-refractivity contribution in [2.75, 3.05) is 12.3 Å². The summed E-state index contributed by atoms with van der Waals surface area (Å²) in [7, 11) is 0. The molecule has 3 N–H and O–H groups in total. The van der Waals surface area contributed by atoms with Crippen molar-refractivity contribution >= 4 is 11.6 Å². The average molecular weight is 273 g/mol. The molecular formula is C15H16FN3O. The largest absolute Gasteiger partial charge is 0.397 e. The second-order valence-electron chi connectivity index (χ2n) is 4.52. The summed E-state index contributed by atoms with van der Waals surface area (Å²) >= 11 is 0. The number of carbonyl (C=O) groups is 1. The lowest BCUT2D eigenvalue weighted by molar-refractivity contribution is 0.0950. The number of nitrogen functional groups attached to an aromatic ring is 1. The molecule has 5 heteroatoms. The van der Waals surface area contributed by atoms with Crippen LogP contribution in [0.1, 0.15) is 21.6 Å². The van der Waals surface area contributed by atoms with Gasteiger partial charge in [0.2, 0.25) is 0 Å². The minimum absolute atomic E-state index is 0.225. The summed E-state index contributed by atoms with van der Waals surface area (Å²) in [6, 6.07) is 7.93. The lowest BCUT2D eigenvalue weighted by Gasteiger charge is -2.08. The van der Waals surface area contributed by atoms with Gasteiger partial charge in [0.15, 0.2) is 5.69 Å². The maximum atomic E-state index is 13.0. The molecule has 0 atom stereocenters. The fourth-order valence-corrected chi connectivity index (χ4v) is 1.94. The van der Waals surface area contributed by atoms with Gasteiger partial charge in [0.05, 0.1) is 5.69 Å². The third-order valence-electron chi connectivity index (χ3n) is 3.04. The minimum atomic E-state index is -0.303. The number of aromatic nitrogens is 1. The first-order chi connectivity index (χ1) is 9.58. The SMILES string of the molecule is Cc1cc(F)ccc1CCNC(=O)c1ncccc1N. The number of hydrogen-bond donors (Lipinski definition) is 2. The Bertz CT molecular complexity index is 628. The van der Waals surface area contributed by atoms with Crippen molar-refractivity contribution in [2.45, 2.75) is 13.3 Å². The summed E-state index contributed by atoms with van der Waals surface area (Å²) in [5.41, 5.74) is 8.13. The predicted molar refractivity (Wildman–Crippen MR) is 75.8 cm³/mol. The number of amides is 1. The van der Waals surface area contributed by atoms with E-state index in [0.29, 0.717) is 18.7 Å². The summed E-state index contributed by atoms with van der Waals surface area (Å²) in [6.45, 7) is 2.29. The lowest BCUT2D eigenvalue weighted by atomic mass is 10.1. The van der Waals surface area contributed by atoms with E-state index >= 15 is 0 Å². The predicted octanol–water partition coefficient (Wildman–Crippen LogP) is 2.08. The number of halogens is 1. The Labute approximate surface area is 116 Å². The normalized spacial score (nSPS) is 10.3. The summed E-state index contributed by atoms with van der Waals surface area (Å²) in [6.07, 6.45) is 2.15. The van der Waals surface area contributed by atoms with E-state index in [9.17, 15) is 9.18 Å². The highest BCUT2D eigenvalue weighted by molar-refractivity contribution is 5.96. The lowest BCUT2D eigenvalue weighted by Crippen LogP contribution is -2.27. The van der Waals surface area contributed by atoms with Crippen LogP contribution in [0, 0.1) is 12.7 Å². The summed E-state index contributed by atoms with van der Waals surface area (Å²) in [5, 5.41) is 2.75. The van der Waals surface area contributed by atoms with Crippen LogP contribution in [0.3, 0.4) is 0 Å². The highest BCUT2D eigenvalue weighted by Crippen LogP contribution is 2.11. The summed E-state index contributed by atoms with van der Waals surface area (Å²) in [5.74, 6) is -0.556. The molecule has 0 aliphatic heterocycles. The highest BCUT2D eigenvalue weighted by atomic mass is 19.1. The number of pyridine rings is 1. The van der Waals surface area contributed by atoms with Crippen LogP contribution < -0.4 is 11.1 Å². The van der Waals surface area contributed by atoms with Gasteiger partial charge in [0, 0.05) is 12.7 Å². The zero-order valence-corrected chi connectivity index (χ0v) is 11.2. The first-order valence-electron chi connectivity index (χ1n) is 6.31. The van der Waals surface area contributed by atoms with Crippen LogP contribution >= 0.6 is 0 Å². The molecule has 1 heterocycles. The van der Waals surface area contributed by atoms with Crippen molar-refractivity contribution in [3.63, 3.8) is 0 Å². The maximum Gasteiger partial charge on any atom is 0.272 e. The van der Waals surface area contributed by atoms with E-state index < -0.39 is 0 Å². The number of aryl methyl sites for hydroxylation is 1. The Balaban J connectivity index is 1.93. The van der Waals surface area contributed by atoms with Crippen molar-refractivity contribution < 1.29 is 9.18 Å². The van der Waals surface area contributed by atoms with Gasteiger partial charge in [0.1, 0.15) is 5.82 Å². The van der Waals surface area contributed by atoms with Crippen LogP contribution in [-0.4, -0.2) is 17.4 Å². The number of anilines is 1. The van der Waals surface area contributed by atoms with Gasteiger partial charge < -0.3 is 11.1 Å². The number of rotatable bonds is 4. The molecule has 2 rings (SSSR count). The topological polar surface area (TPSA) is 68.0 Å². The Morgan fingerprint density at radius 2 is 2.20 bits per heavy atom. The Morgan fingerprint density at radius 3 is 2.90 bits per heavy atom. The summed E-state index contributed by atoms with van der Waals surface area (Å²) < 4.78 is 13.0. The molecule has 0 spiro atoms. The van der Waals surface area contributed by atoms with Crippen LogP contribution in [0.15, 0.2) is 36.5 Å². The van der Waals surface area contributed by atoms with Crippen LogP contribution in [-0.2, 0) is 6.42 Å². The Kier molecular flexibility index (Phi) is 4.30. The van der Waals surface area contributed by atoms with Gasteiger partial charge in [-0.3, -0.25) is 4.79 Å². The third kappa shape index (κ3) is 3.32. The number of nitrogens with two attached hydrogens (primary N) is 1. The molecule has 104 valence electrons. The van der Waals surface area contributed by atoms with E-state index in [1.165, 1.54) is 18.3 Å². The number of benzene rings is 1. The molecule has 0 unspecified atom stereocenters. The van der Waals surface area contributed by atoms with Crippen LogP contribution in [0.2, 0.25) is 0 Å². The number of nitrogens with zero attached hydrogens (tertiary/aromatic N) is 1. The molecular weight excluding hydrogens is 257 g/mol. The molecule has 0 saturated carbocycles. The first kappa shape index (κ1) is 14.0. The van der Waals surface area contributed by atoms with E-state index in [1.807, 2.05) is 6.92 Å².